The number of rotatable bonds is 16. The molecule has 1 aromatic carbocycles. The van der Waals surface area contributed by atoms with Gasteiger partial charge in [0, 0.05) is 30.5 Å². The predicted molar refractivity (Wildman–Crippen MR) is 149 cm³/mol. The molecule has 1 aliphatic rings. The Kier molecular flexibility index (Phi) is 11.5. The number of nitrogens with one attached hydrogen (secondary N) is 1. The van der Waals surface area contributed by atoms with Gasteiger partial charge in [-0.2, -0.15) is 0 Å². The van der Waals surface area contributed by atoms with Crippen LogP contribution in [-0.4, -0.2) is 66.4 Å². The summed E-state index contributed by atoms with van der Waals surface area (Å²) in [5.41, 5.74) is 2.21. The van der Waals surface area contributed by atoms with Crippen molar-refractivity contribution in [2.24, 2.45) is 10.8 Å². The lowest BCUT2D eigenvalue weighted by atomic mass is 9.72. The lowest BCUT2D eigenvalue weighted by molar-refractivity contribution is -0.121. The molecule has 7 heteroatoms. The number of carbonyl (C=O) groups is 3. The van der Waals surface area contributed by atoms with Gasteiger partial charge in [-0.3, -0.25) is 9.59 Å². The molecule has 1 unspecified atom stereocenters. The van der Waals surface area contributed by atoms with Crippen LogP contribution in [0.1, 0.15) is 89.6 Å². The van der Waals surface area contributed by atoms with Gasteiger partial charge in [0.05, 0.1) is 6.04 Å². The first-order valence-corrected chi connectivity index (χ1v) is 14.4. The van der Waals surface area contributed by atoms with Crippen molar-refractivity contribution in [3.05, 3.63) is 29.3 Å². The van der Waals surface area contributed by atoms with Crippen LogP contribution in [0.25, 0.3) is 0 Å². The fourth-order valence-electron chi connectivity index (χ4n) is 5.34. The Hall–Kier alpha value is -1.86. The first-order chi connectivity index (χ1) is 17.0. The third-order valence-electron chi connectivity index (χ3n) is 7.45. The number of hydrogen-bond donors (Lipinski definition) is 1. The van der Waals surface area contributed by atoms with Crippen LogP contribution in [0.2, 0.25) is 0 Å². The largest absolute Gasteiger partial charge is 0.359 e. The van der Waals surface area contributed by atoms with Gasteiger partial charge in [-0.25, -0.2) is 0 Å². The summed E-state index contributed by atoms with van der Waals surface area (Å²) in [6.07, 6.45) is 4.83. The number of carbonyl (C=O) groups excluding carboxylic acids is 3. The molecular weight excluding hydrogens is 470 g/mol. The third-order valence-corrected chi connectivity index (χ3v) is 8.55. The fraction of sp³-hybridized carbons (Fsp3) is 0.690. The highest BCUT2D eigenvalue weighted by Crippen LogP contribution is 2.41. The van der Waals surface area contributed by atoms with Gasteiger partial charge in [0.1, 0.15) is 6.29 Å². The minimum atomic E-state index is -0.586. The van der Waals surface area contributed by atoms with Gasteiger partial charge < -0.3 is 19.9 Å². The van der Waals surface area contributed by atoms with Crippen molar-refractivity contribution in [2.45, 2.75) is 91.1 Å². The smallest absolute Gasteiger partial charge is 0.255 e. The highest BCUT2D eigenvalue weighted by molar-refractivity contribution is 7.99. The van der Waals surface area contributed by atoms with Crippen LogP contribution >= 0.6 is 11.8 Å². The lowest BCUT2D eigenvalue weighted by Crippen LogP contribution is -2.37. The van der Waals surface area contributed by atoms with Gasteiger partial charge in [-0.1, -0.05) is 47.6 Å². The first-order valence-electron chi connectivity index (χ1n) is 13.4. The average Bonchev–Trinajstić information content (AvgIpc) is 3.16. The second-order valence-corrected chi connectivity index (χ2v) is 12.6. The minimum absolute atomic E-state index is 0.114. The SMILES string of the molecule is CCN(CC)CCC(C)(C)CC(C)(C)CCSc1cccc2c1CN(C(C=O)CCC(=O)NC)C2=O. The molecule has 202 valence electrons. The van der Waals surface area contributed by atoms with E-state index in [9.17, 15) is 14.4 Å². The standard InChI is InChI=1S/C29H47N3O3S/c1-8-31(9-2)17-15-28(3,4)21-29(5,6)16-18-36-25-12-10-11-23-24(25)19-32(27(23)35)22(20-33)13-14-26(34)30-7/h10-12,20,22H,8-9,13-19,21H2,1-7H3,(H,30,34). The number of hydrogen-bond acceptors (Lipinski definition) is 5. The Morgan fingerprint density at radius 3 is 2.44 bits per heavy atom. The van der Waals surface area contributed by atoms with E-state index >= 15 is 0 Å². The maximum Gasteiger partial charge on any atom is 0.255 e. The molecule has 36 heavy (non-hydrogen) atoms. The Morgan fingerprint density at radius 1 is 1.17 bits per heavy atom. The Bertz CT molecular complexity index is 896. The van der Waals surface area contributed by atoms with E-state index in [1.54, 1.807) is 11.9 Å². The van der Waals surface area contributed by atoms with Crippen LogP contribution in [0.4, 0.5) is 0 Å². The van der Waals surface area contributed by atoms with E-state index in [1.807, 2.05) is 23.9 Å². The van der Waals surface area contributed by atoms with Gasteiger partial charge in [0.25, 0.3) is 5.91 Å². The Morgan fingerprint density at radius 2 is 1.83 bits per heavy atom. The van der Waals surface area contributed by atoms with Crippen LogP contribution in [0.15, 0.2) is 23.1 Å². The van der Waals surface area contributed by atoms with E-state index < -0.39 is 6.04 Å². The molecule has 0 radical (unpaired) electrons. The van der Waals surface area contributed by atoms with Gasteiger partial charge in [0.2, 0.25) is 5.91 Å². The highest BCUT2D eigenvalue weighted by atomic mass is 32.2. The van der Waals surface area contributed by atoms with E-state index in [2.05, 4.69) is 57.8 Å². The predicted octanol–water partition coefficient (Wildman–Crippen LogP) is 5.39. The number of aldehydes is 1. The molecule has 0 aliphatic carbocycles. The van der Waals surface area contributed by atoms with Gasteiger partial charge >= 0.3 is 0 Å². The highest BCUT2D eigenvalue weighted by Gasteiger charge is 2.34. The first kappa shape index (κ1) is 30.4. The third kappa shape index (κ3) is 8.62. The summed E-state index contributed by atoms with van der Waals surface area (Å²) in [7, 11) is 1.58. The number of nitrogens with zero attached hydrogens (tertiary/aromatic N) is 2. The molecule has 1 N–H and O–H groups in total. The monoisotopic (exact) mass is 517 g/mol. The van der Waals surface area contributed by atoms with E-state index in [-0.39, 0.29) is 29.1 Å². The summed E-state index contributed by atoms with van der Waals surface area (Å²) < 4.78 is 0. The normalized spacial score (nSPS) is 14.8. The topological polar surface area (TPSA) is 69.7 Å². The summed E-state index contributed by atoms with van der Waals surface area (Å²) in [6.45, 7) is 17.8. The van der Waals surface area contributed by atoms with Gasteiger partial charge in [0.15, 0.2) is 0 Å². The van der Waals surface area contributed by atoms with E-state index in [1.165, 1.54) is 12.8 Å². The quantitative estimate of drug-likeness (QED) is 0.235. The molecule has 1 heterocycles. The zero-order chi connectivity index (χ0) is 26.9. The number of fused-ring (bicyclic) bond motifs is 1. The van der Waals surface area contributed by atoms with Crippen molar-refractivity contribution in [1.29, 1.82) is 0 Å². The Labute approximate surface area is 222 Å². The van der Waals surface area contributed by atoms with Gasteiger partial charge in [-0.15, -0.1) is 11.8 Å². The number of amides is 2. The number of benzene rings is 1. The summed E-state index contributed by atoms with van der Waals surface area (Å²) in [6, 6.07) is 5.29. The summed E-state index contributed by atoms with van der Waals surface area (Å²) in [4.78, 5) is 41.7. The van der Waals surface area contributed by atoms with Crippen molar-refractivity contribution in [2.75, 3.05) is 32.4 Å². The molecule has 0 fully saturated rings. The van der Waals surface area contributed by atoms with Crippen LogP contribution in [0, 0.1) is 10.8 Å². The molecule has 2 amide bonds. The van der Waals surface area contributed by atoms with Crippen molar-refractivity contribution in [1.82, 2.24) is 15.1 Å². The summed E-state index contributed by atoms with van der Waals surface area (Å²) >= 11 is 1.81. The molecule has 0 bridgehead atoms. The molecule has 1 atom stereocenters. The van der Waals surface area contributed by atoms with Crippen LogP contribution in [0.5, 0.6) is 0 Å². The van der Waals surface area contributed by atoms with Crippen molar-refractivity contribution in [3.63, 3.8) is 0 Å². The van der Waals surface area contributed by atoms with Crippen LogP contribution < -0.4 is 5.32 Å². The maximum absolute atomic E-state index is 13.1. The molecule has 1 aromatic rings. The van der Waals surface area contributed by atoms with Crippen LogP contribution in [-0.2, 0) is 16.1 Å². The molecule has 1 aliphatic heterocycles. The molecule has 0 saturated carbocycles. The second kappa shape index (κ2) is 13.6. The van der Waals surface area contributed by atoms with Crippen molar-refractivity contribution < 1.29 is 14.4 Å². The van der Waals surface area contributed by atoms with Crippen molar-refractivity contribution >= 4 is 29.9 Å². The zero-order valence-electron chi connectivity index (χ0n) is 23.5. The molecule has 6 nitrogen and oxygen atoms in total. The molecule has 0 spiro atoms. The van der Waals surface area contributed by atoms with E-state index in [0.29, 0.717) is 18.5 Å². The lowest BCUT2D eigenvalue weighted by Gasteiger charge is -2.36. The average molecular weight is 518 g/mol. The fourth-order valence-corrected chi connectivity index (χ4v) is 6.74. The molecule has 0 aromatic heterocycles. The summed E-state index contributed by atoms with van der Waals surface area (Å²) in [5.74, 6) is 0.746. The number of thioether (sulfide) groups is 1. The minimum Gasteiger partial charge on any atom is -0.359 e. The molecular formula is C29H47N3O3S. The van der Waals surface area contributed by atoms with Crippen molar-refractivity contribution in [3.8, 4) is 0 Å². The van der Waals surface area contributed by atoms with Crippen LogP contribution in [0.3, 0.4) is 0 Å². The summed E-state index contributed by atoms with van der Waals surface area (Å²) in [5, 5.41) is 2.58. The zero-order valence-corrected chi connectivity index (χ0v) is 24.3. The molecule has 0 saturated heterocycles. The van der Waals surface area contributed by atoms with Gasteiger partial charge in [-0.05, 0) is 79.6 Å². The van der Waals surface area contributed by atoms with E-state index in [4.69, 9.17) is 0 Å². The Balaban J connectivity index is 1.97. The van der Waals surface area contributed by atoms with E-state index in [0.717, 1.165) is 48.6 Å². The second-order valence-electron chi connectivity index (χ2n) is 11.5. The molecule has 2 rings (SSSR count). The maximum atomic E-state index is 13.1.